The Labute approximate surface area is 157 Å². The maximum absolute atomic E-state index is 11.8. The van der Waals surface area contributed by atoms with E-state index in [1.807, 2.05) is 0 Å². The zero-order chi connectivity index (χ0) is 19.0. The molecule has 144 valence electrons. The molecule has 4 nitrogen and oxygen atoms in total. The van der Waals surface area contributed by atoms with Crippen molar-refractivity contribution in [2.45, 2.75) is 71.1 Å². The number of carbonyl (C=O) groups is 3. The molecule has 0 radical (unpaired) electrons. The molecule has 1 fully saturated rings. The fourth-order valence-corrected chi connectivity index (χ4v) is 2.75. The number of rotatable bonds is 14. The molecule has 26 heavy (non-hydrogen) atoms. The Kier molecular flexibility index (Phi) is 12.1. The Bertz CT molecular complexity index is 512. The standard InChI is InChI=1S/C22H32O4/c1-2-3-4-5-6-7-8-9-10-11-12-13-14-15-16-17-19(23)21-20(24)18-26-22(21)25/h6-7,9-10,12-13,21H,2-5,8,11,14-18H2,1H3. The lowest BCUT2D eigenvalue weighted by Gasteiger charge is -2.02. The molecule has 1 aliphatic heterocycles. The van der Waals surface area contributed by atoms with E-state index in [9.17, 15) is 14.4 Å². The SMILES string of the molecule is CCCCCC=CCC=CCC=CCCCCC(=O)C1C(=O)COC1=O. The Balaban J connectivity index is 1.99. The topological polar surface area (TPSA) is 60.4 Å². The van der Waals surface area contributed by atoms with Crippen molar-refractivity contribution in [3.05, 3.63) is 36.5 Å². The van der Waals surface area contributed by atoms with Crippen molar-refractivity contribution < 1.29 is 19.1 Å². The largest absolute Gasteiger partial charge is 0.457 e. The van der Waals surface area contributed by atoms with Crippen LogP contribution in [0.2, 0.25) is 0 Å². The smallest absolute Gasteiger partial charge is 0.324 e. The van der Waals surface area contributed by atoms with Gasteiger partial charge in [0.15, 0.2) is 24.1 Å². The average molecular weight is 360 g/mol. The van der Waals surface area contributed by atoms with Crippen molar-refractivity contribution in [2.24, 2.45) is 5.92 Å². The van der Waals surface area contributed by atoms with Gasteiger partial charge in [-0.05, 0) is 44.9 Å². The van der Waals surface area contributed by atoms with E-state index in [-0.39, 0.29) is 18.8 Å². The molecule has 0 aromatic heterocycles. The summed E-state index contributed by atoms with van der Waals surface area (Å²) in [6, 6.07) is 0. The lowest BCUT2D eigenvalue weighted by molar-refractivity contribution is -0.144. The fourth-order valence-electron chi connectivity index (χ4n) is 2.75. The summed E-state index contributed by atoms with van der Waals surface area (Å²) in [6.07, 6.45) is 22.8. The number of Topliss-reactive ketones (excluding diaryl/α,β-unsaturated/α-hetero) is 2. The maximum Gasteiger partial charge on any atom is 0.324 e. The minimum absolute atomic E-state index is 0.250. The molecular weight excluding hydrogens is 328 g/mol. The second-order valence-electron chi connectivity index (χ2n) is 6.60. The van der Waals surface area contributed by atoms with Gasteiger partial charge in [-0.15, -0.1) is 0 Å². The van der Waals surface area contributed by atoms with Gasteiger partial charge in [0, 0.05) is 6.42 Å². The fraction of sp³-hybridized carbons (Fsp3) is 0.591. The van der Waals surface area contributed by atoms with Crippen LogP contribution in [0.1, 0.15) is 71.1 Å². The molecule has 1 aliphatic rings. The van der Waals surface area contributed by atoms with Crippen molar-refractivity contribution in [2.75, 3.05) is 6.61 Å². The van der Waals surface area contributed by atoms with Crippen LogP contribution in [0.3, 0.4) is 0 Å². The predicted octanol–water partition coefficient (Wildman–Crippen LogP) is 4.89. The van der Waals surface area contributed by atoms with E-state index >= 15 is 0 Å². The molecule has 0 aromatic carbocycles. The van der Waals surface area contributed by atoms with Crippen LogP contribution in [0.25, 0.3) is 0 Å². The minimum atomic E-state index is -1.16. The van der Waals surface area contributed by atoms with E-state index in [1.165, 1.54) is 25.7 Å². The van der Waals surface area contributed by atoms with Gasteiger partial charge >= 0.3 is 5.97 Å². The van der Waals surface area contributed by atoms with Crippen molar-refractivity contribution in [3.8, 4) is 0 Å². The molecule has 0 amide bonds. The molecule has 0 aliphatic carbocycles. The van der Waals surface area contributed by atoms with Gasteiger partial charge in [-0.25, -0.2) is 0 Å². The molecule has 0 bridgehead atoms. The number of hydrogen-bond acceptors (Lipinski definition) is 4. The van der Waals surface area contributed by atoms with Gasteiger partial charge in [0.2, 0.25) is 0 Å². The van der Waals surface area contributed by atoms with Crippen molar-refractivity contribution in [3.63, 3.8) is 0 Å². The molecule has 1 heterocycles. The highest BCUT2D eigenvalue weighted by atomic mass is 16.5. The zero-order valence-corrected chi connectivity index (χ0v) is 16.0. The van der Waals surface area contributed by atoms with Gasteiger partial charge in [0.05, 0.1) is 0 Å². The second kappa shape index (κ2) is 14.2. The zero-order valence-electron chi connectivity index (χ0n) is 16.0. The first-order valence-electron chi connectivity index (χ1n) is 9.83. The number of ether oxygens (including phenoxy) is 1. The normalized spacial score (nSPS) is 17.8. The number of allylic oxidation sites excluding steroid dienone is 6. The van der Waals surface area contributed by atoms with Crippen molar-refractivity contribution in [1.29, 1.82) is 0 Å². The van der Waals surface area contributed by atoms with Gasteiger partial charge in [-0.3, -0.25) is 14.4 Å². The lowest BCUT2D eigenvalue weighted by Crippen LogP contribution is -2.25. The number of hydrogen-bond donors (Lipinski definition) is 0. The van der Waals surface area contributed by atoms with Crippen molar-refractivity contribution >= 4 is 17.5 Å². The van der Waals surface area contributed by atoms with Gasteiger partial charge in [-0.2, -0.15) is 0 Å². The molecule has 1 rings (SSSR count). The lowest BCUT2D eigenvalue weighted by atomic mass is 9.97. The molecule has 4 heteroatoms. The number of unbranched alkanes of at least 4 members (excludes halogenated alkanes) is 5. The highest BCUT2D eigenvalue weighted by Gasteiger charge is 2.40. The Morgan fingerprint density at radius 3 is 2.04 bits per heavy atom. The first kappa shape index (κ1) is 22.1. The molecule has 1 unspecified atom stereocenters. The maximum atomic E-state index is 11.8. The van der Waals surface area contributed by atoms with E-state index in [4.69, 9.17) is 0 Å². The molecule has 0 spiro atoms. The van der Waals surface area contributed by atoms with Gasteiger partial charge in [0.25, 0.3) is 0 Å². The van der Waals surface area contributed by atoms with Crippen molar-refractivity contribution in [1.82, 2.24) is 0 Å². The van der Waals surface area contributed by atoms with Crippen LogP contribution < -0.4 is 0 Å². The highest BCUT2D eigenvalue weighted by molar-refractivity contribution is 6.20. The minimum Gasteiger partial charge on any atom is -0.457 e. The summed E-state index contributed by atoms with van der Waals surface area (Å²) in [5.74, 6) is -2.53. The van der Waals surface area contributed by atoms with E-state index in [0.29, 0.717) is 6.42 Å². The van der Waals surface area contributed by atoms with E-state index in [1.54, 1.807) is 0 Å². The van der Waals surface area contributed by atoms with Crippen LogP contribution in [0.15, 0.2) is 36.5 Å². The summed E-state index contributed by atoms with van der Waals surface area (Å²) < 4.78 is 4.60. The third-order valence-electron chi connectivity index (χ3n) is 4.30. The molecule has 0 saturated carbocycles. The quantitative estimate of drug-likeness (QED) is 0.192. The second-order valence-corrected chi connectivity index (χ2v) is 6.60. The summed E-state index contributed by atoms with van der Waals surface area (Å²) in [5, 5.41) is 0. The summed E-state index contributed by atoms with van der Waals surface area (Å²) in [6.45, 7) is 1.97. The Morgan fingerprint density at radius 1 is 0.923 bits per heavy atom. The average Bonchev–Trinajstić information content (AvgIpc) is 2.96. The Hall–Kier alpha value is -1.97. The number of cyclic esters (lactones) is 1. The third kappa shape index (κ3) is 9.50. The van der Waals surface area contributed by atoms with Crippen LogP contribution in [-0.4, -0.2) is 24.1 Å². The van der Waals surface area contributed by atoms with Crippen LogP contribution >= 0.6 is 0 Å². The number of esters is 1. The van der Waals surface area contributed by atoms with Crippen LogP contribution in [-0.2, 0) is 19.1 Å². The van der Waals surface area contributed by atoms with Crippen LogP contribution in [0.5, 0.6) is 0 Å². The monoisotopic (exact) mass is 360 g/mol. The number of ketones is 2. The van der Waals surface area contributed by atoms with Crippen LogP contribution in [0.4, 0.5) is 0 Å². The predicted molar refractivity (Wildman–Crippen MR) is 104 cm³/mol. The first-order chi connectivity index (χ1) is 12.7. The van der Waals surface area contributed by atoms with E-state index < -0.39 is 17.7 Å². The molecule has 0 N–H and O–H groups in total. The van der Waals surface area contributed by atoms with Gasteiger partial charge < -0.3 is 4.74 Å². The van der Waals surface area contributed by atoms with E-state index in [2.05, 4.69) is 48.1 Å². The first-order valence-corrected chi connectivity index (χ1v) is 9.83. The molecule has 0 aromatic rings. The Morgan fingerprint density at radius 2 is 1.50 bits per heavy atom. The molecule has 1 saturated heterocycles. The highest BCUT2D eigenvalue weighted by Crippen LogP contribution is 2.15. The van der Waals surface area contributed by atoms with Gasteiger partial charge in [0.1, 0.15) is 0 Å². The van der Waals surface area contributed by atoms with Gasteiger partial charge in [-0.1, -0.05) is 56.2 Å². The van der Waals surface area contributed by atoms with Crippen LogP contribution in [0, 0.1) is 5.92 Å². The van der Waals surface area contributed by atoms with E-state index in [0.717, 1.165) is 25.7 Å². The summed E-state index contributed by atoms with van der Waals surface area (Å²) in [7, 11) is 0. The molecular formula is C22H32O4. The number of carbonyl (C=O) groups excluding carboxylic acids is 3. The summed E-state index contributed by atoms with van der Waals surface area (Å²) in [4.78, 5) is 34.5. The molecule has 1 atom stereocenters. The summed E-state index contributed by atoms with van der Waals surface area (Å²) in [5.41, 5.74) is 0. The summed E-state index contributed by atoms with van der Waals surface area (Å²) >= 11 is 0. The third-order valence-corrected chi connectivity index (χ3v) is 4.30.